The molecule has 12 heavy (non-hydrogen) atoms. The van der Waals surface area contributed by atoms with Crippen LogP contribution in [0, 0.1) is 0 Å². The molecular formula is C6H2F3NOS. The molecule has 0 saturated carbocycles. The molecule has 1 aromatic heterocycles. The number of hydrogen-bond donors (Lipinski definition) is 0. The SMILES string of the molecule is O=C=Nc1ccc(C(F)(F)F)s1. The molecular weight excluding hydrogens is 191 g/mol. The quantitative estimate of drug-likeness (QED) is 0.498. The van der Waals surface area contributed by atoms with Gasteiger partial charge >= 0.3 is 6.18 Å². The Balaban J connectivity index is 2.99. The second-order valence-corrected chi connectivity index (χ2v) is 2.90. The van der Waals surface area contributed by atoms with Crippen molar-refractivity contribution < 1.29 is 18.0 Å². The van der Waals surface area contributed by atoms with Gasteiger partial charge in [0.05, 0.1) is 0 Å². The van der Waals surface area contributed by atoms with Gasteiger partial charge in [0.15, 0.2) is 0 Å². The molecule has 6 heteroatoms. The molecule has 1 rings (SSSR count). The van der Waals surface area contributed by atoms with Crippen LogP contribution in [0.2, 0.25) is 0 Å². The summed E-state index contributed by atoms with van der Waals surface area (Å²) in [6.45, 7) is 0. The van der Waals surface area contributed by atoms with Gasteiger partial charge in [-0.05, 0) is 12.1 Å². The fraction of sp³-hybridized carbons (Fsp3) is 0.167. The Kier molecular flexibility index (Phi) is 2.30. The number of alkyl halides is 3. The Morgan fingerprint density at radius 3 is 2.50 bits per heavy atom. The maximum Gasteiger partial charge on any atom is 0.425 e. The van der Waals surface area contributed by atoms with Crippen LogP contribution in [0.25, 0.3) is 0 Å². The predicted molar refractivity (Wildman–Crippen MR) is 37.1 cm³/mol. The van der Waals surface area contributed by atoms with Crippen LogP contribution in [-0.4, -0.2) is 6.08 Å². The van der Waals surface area contributed by atoms with Crippen LogP contribution in [0.1, 0.15) is 4.88 Å². The molecule has 0 atom stereocenters. The van der Waals surface area contributed by atoms with Gasteiger partial charge in [0.1, 0.15) is 9.88 Å². The fourth-order valence-electron chi connectivity index (χ4n) is 0.585. The first-order valence-corrected chi connectivity index (χ1v) is 3.60. The highest BCUT2D eigenvalue weighted by Gasteiger charge is 2.32. The zero-order valence-corrected chi connectivity index (χ0v) is 6.37. The van der Waals surface area contributed by atoms with Crippen LogP contribution in [0.5, 0.6) is 0 Å². The van der Waals surface area contributed by atoms with Gasteiger partial charge in [-0.25, -0.2) is 4.79 Å². The molecule has 1 aromatic rings. The standard InChI is InChI=1S/C6H2F3NOS/c7-6(8,9)4-1-2-5(12-4)10-3-11/h1-2H. The highest BCUT2D eigenvalue weighted by atomic mass is 32.1. The number of isocyanates is 1. The summed E-state index contributed by atoms with van der Waals surface area (Å²) in [5.41, 5.74) is 0. The predicted octanol–water partition coefficient (Wildman–Crippen LogP) is 2.73. The van der Waals surface area contributed by atoms with Crippen molar-refractivity contribution in [3.63, 3.8) is 0 Å². The van der Waals surface area contributed by atoms with Crippen molar-refractivity contribution in [2.45, 2.75) is 6.18 Å². The average molecular weight is 193 g/mol. The van der Waals surface area contributed by atoms with Gasteiger partial charge in [-0.2, -0.15) is 18.2 Å². The summed E-state index contributed by atoms with van der Waals surface area (Å²) in [6, 6.07) is 2.00. The van der Waals surface area contributed by atoms with Crippen molar-refractivity contribution in [2.24, 2.45) is 4.99 Å². The van der Waals surface area contributed by atoms with E-state index in [0.29, 0.717) is 11.3 Å². The van der Waals surface area contributed by atoms with Gasteiger partial charge in [0.2, 0.25) is 6.08 Å². The lowest BCUT2D eigenvalue weighted by atomic mass is 10.4. The minimum atomic E-state index is -4.36. The minimum absolute atomic E-state index is 0.0114. The molecule has 0 unspecified atom stereocenters. The van der Waals surface area contributed by atoms with E-state index in [1.54, 1.807) is 0 Å². The number of halogens is 3. The summed E-state index contributed by atoms with van der Waals surface area (Å²) in [5.74, 6) is 0. The summed E-state index contributed by atoms with van der Waals surface area (Å²) in [7, 11) is 0. The van der Waals surface area contributed by atoms with Gasteiger partial charge in [-0.3, -0.25) is 0 Å². The normalized spacial score (nSPS) is 10.9. The Hall–Kier alpha value is -1.13. The van der Waals surface area contributed by atoms with E-state index in [9.17, 15) is 18.0 Å². The van der Waals surface area contributed by atoms with Crippen molar-refractivity contribution in [1.29, 1.82) is 0 Å². The smallest absolute Gasteiger partial charge is 0.211 e. The minimum Gasteiger partial charge on any atom is -0.211 e. The highest BCUT2D eigenvalue weighted by molar-refractivity contribution is 7.15. The van der Waals surface area contributed by atoms with Crippen molar-refractivity contribution >= 4 is 22.4 Å². The molecule has 2 nitrogen and oxygen atoms in total. The Labute approximate surface area is 69.4 Å². The van der Waals surface area contributed by atoms with E-state index in [1.807, 2.05) is 0 Å². The number of nitrogens with zero attached hydrogens (tertiary/aromatic N) is 1. The van der Waals surface area contributed by atoms with Gasteiger partial charge in [0, 0.05) is 0 Å². The maximum absolute atomic E-state index is 11.9. The number of thiophene rings is 1. The highest BCUT2D eigenvalue weighted by Crippen LogP contribution is 2.37. The zero-order valence-electron chi connectivity index (χ0n) is 5.55. The Bertz CT molecular complexity index is 324. The summed E-state index contributed by atoms with van der Waals surface area (Å²) in [5, 5.41) is 0.0114. The van der Waals surface area contributed by atoms with Gasteiger partial charge < -0.3 is 0 Å². The summed E-state index contributed by atoms with van der Waals surface area (Å²) in [6.07, 6.45) is -3.19. The first-order valence-electron chi connectivity index (χ1n) is 2.79. The largest absolute Gasteiger partial charge is 0.425 e. The van der Waals surface area contributed by atoms with Gasteiger partial charge in [0.25, 0.3) is 0 Å². The topological polar surface area (TPSA) is 29.4 Å². The summed E-state index contributed by atoms with van der Waals surface area (Å²) >= 11 is 0.410. The van der Waals surface area contributed by atoms with E-state index in [-0.39, 0.29) is 5.00 Å². The number of carbonyl (C=O) groups excluding carboxylic acids is 1. The van der Waals surface area contributed by atoms with Crippen molar-refractivity contribution in [2.75, 3.05) is 0 Å². The second-order valence-electron chi connectivity index (χ2n) is 1.84. The monoisotopic (exact) mass is 193 g/mol. The molecule has 0 spiro atoms. The molecule has 0 bridgehead atoms. The van der Waals surface area contributed by atoms with E-state index in [0.717, 1.165) is 12.1 Å². The lowest BCUT2D eigenvalue weighted by Crippen LogP contribution is -2.00. The van der Waals surface area contributed by atoms with Crippen LogP contribution in [0.4, 0.5) is 18.2 Å². The molecule has 64 valence electrons. The van der Waals surface area contributed by atoms with E-state index in [2.05, 4.69) is 4.99 Å². The van der Waals surface area contributed by atoms with Crippen molar-refractivity contribution in [1.82, 2.24) is 0 Å². The van der Waals surface area contributed by atoms with E-state index in [4.69, 9.17) is 0 Å². The second kappa shape index (κ2) is 3.08. The van der Waals surface area contributed by atoms with E-state index in [1.165, 1.54) is 6.08 Å². The molecule has 0 radical (unpaired) electrons. The van der Waals surface area contributed by atoms with E-state index >= 15 is 0 Å². The van der Waals surface area contributed by atoms with Crippen LogP contribution in [0.15, 0.2) is 17.1 Å². The average Bonchev–Trinajstić information content (AvgIpc) is 2.35. The summed E-state index contributed by atoms with van der Waals surface area (Å²) < 4.78 is 35.7. The third-order valence-electron chi connectivity index (χ3n) is 1.03. The molecule has 0 saturated heterocycles. The van der Waals surface area contributed by atoms with E-state index < -0.39 is 11.1 Å². The van der Waals surface area contributed by atoms with Crippen molar-refractivity contribution in [3.8, 4) is 0 Å². The fourth-order valence-corrected chi connectivity index (χ4v) is 1.28. The van der Waals surface area contributed by atoms with Crippen LogP contribution < -0.4 is 0 Å². The number of hydrogen-bond acceptors (Lipinski definition) is 3. The number of rotatable bonds is 1. The third-order valence-corrected chi connectivity index (χ3v) is 2.05. The molecule has 0 amide bonds. The Morgan fingerprint density at radius 1 is 1.42 bits per heavy atom. The summed E-state index contributed by atoms with van der Waals surface area (Å²) in [4.78, 5) is 12.0. The van der Waals surface area contributed by atoms with Crippen LogP contribution in [0.3, 0.4) is 0 Å². The first kappa shape index (κ1) is 8.96. The Morgan fingerprint density at radius 2 is 2.08 bits per heavy atom. The molecule has 0 aliphatic carbocycles. The molecule has 1 heterocycles. The molecule has 0 N–H and O–H groups in total. The van der Waals surface area contributed by atoms with Crippen LogP contribution >= 0.6 is 11.3 Å². The third kappa shape index (κ3) is 1.93. The zero-order chi connectivity index (χ0) is 9.19. The molecule has 0 fully saturated rings. The lowest BCUT2D eigenvalue weighted by Gasteiger charge is -1.99. The molecule has 0 aliphatic rings. The molecule has 0 aliphatic heterocycles. The number of aliphatic imine (C=N–C) groups is 1. The van der Waals surface area contributed by atoms with Gasteiger partial charge in [-0.15, -0.1) is 11.3 Å². The molecule has 0 aromatic carbocycles. The van der Waals surface area contributed by atoms with Crippen LogP contribution in [-0.2, 0) is 11.0 Å². The van der Waals surface area contributed by atoms with Crippen molar-refractivity contribution in [3.05, 3.63) is 17.0 Å². The lowest BCUT2D eigenvalue weighted by molar-refractivity contribution is -0.134. The first-order chi connectivity index (χ1) is 5.54. The van der Waals surface area contributed by atoms with Gasteiger partial charge in [-0.1, -0.05) is 0 Å². The maximum atomic E-state index is 11.9.